The predicted molar refractivity (Wildman–Crippen MR) is 56.0 cm³/mol. The summed E-state index contributed by atoms with van der Waals surface area (Å²) in [6, 6.07) is -0.376. The summed E-state index contributed by atoms with van der Waals surface area (Å²) in [5, 5.41) is 26.9. The molecule has 0 aliphatic heterocycles. The molecule has 0 aliphatic carbocycles. The molecule has 0 aliphatic rings. The third-order valence-corrected chi connectivity index (χ3v) is 2.34. The van der Waals surface area contributed by atoms with Crippen LogP contribution >= 0.6 is 0 Å². The second-order valence-electron chi connectivity index (χ2n) is 3.47. The molecule has 0 bridgehead atoms. The van der Waals surface area contributed by atoms with Gasteiger partial charge in [0.2, 0.25) is 5.43 Å². The topological polar surface area (TPSA) is 117 Å². The Morgan fingerprint density at radius 3 is 2.47 bits per heavy atom. The van der Waals surface area contributed by atoms with Gasteiger partial charge in [0.1, 0.15) is 6.04 Å². The number of nitrogens with zero attached hydrogens (tertiary/aromatic N) is 1. The van der Waals surface area contributed by atoms with Crippen LogP contribution in [0, 0.1) is 6.92 Å². The van der Waals surface area contributed by atoms with E-state index in [4.69, 9.17) is 10.2 Å². The normalized spacial score (nSPS) is 12.1. The Hall–Kier alpha value is -2.31. The maximum atomic E-state index is 11.1. The van der Waals surface area contributed by atoms with Crippen LogP contribution in [0.15, 0.2) is 17.1 Å². The largest absolute Gasteiger partial charge is 0.503 e. The van der Waals surface area contributed by atoms with E-state index in [1.54, 1.807) is 0 Å². The maximum absolute atomic E-state index is 11.1. The van der Waals surface area contributed by atoms with Crippen molar-refractivity contribution in [1.29, 1.82) is 0 Å². The van der Waals surface area contributed by atoms with Gasteiger partial charge in [-0.1, -0.05) is 0 Å². The number of aliphatic carboxylic acids is 2. The van der Waals surface area contributed by atoms with Gasteiger partial charge in [0.15, 0.2) is 5.75 Å². The van der Waals surface area contributed by atoms with Crippen LogP contribution in [0.25, 0.3) is 0 Å². The first-order valence-electron chi connectivity index (χ1n) is 4.70. The third kappa shape index (κ3) is 2.63. The van der Waals surface area contributed by atoms with Crippen LogP contribution < -0.4 is 5.43 Å². The van der Waals surface area contributed by atoms with Gasteiger partial charge in [-0.3, -0.25) is 9.59 Å². The molecule has 0 radical (unpaired) electrons. The number of carboxylic acid groups (broad SMARTS) is 2. The zero-order valence-corrected chi connectivity index (χ0v) is 8.95. The lowest BCUT2D eigenvalue weighted by Gasteiger charge is -2.17. The number of carbonyl (C=O) groups is 2. The molecule has 1 heterocycles. The Kier molecular flexibility index (Phi) is 3.52. The lowest BCUT2D eigenvalue weighted by Crippen LogP contribution is -2.25. The molecular weight excluding hydrogens is 230 g/mol. The Bertz CT molecular complexity index is 518. The molecule has 1 aromatic heterocycles. The summed E-state index contributed by atoms with van der Waals surface area (Å²) >= 11 is 0. The summed E-state index contributed by atoms with van der Waals surface area (Å²) < 4.78 is 1.05. The summed E-state index contributed by atoms with van der Waals surface area (Å²) in [5.41, 5.74) is -0.621. The van der Waals surface area contributed by atoms with E-state index < -0.39 is 35.6 Å². The molecular formula is C10H11NO6. The minimum Gasteiger partial charge on any atom is -0.503 e. The van der Waals surface area contributed by atoms with Gasteiger partial charge < -0.3 is 19.9 Å². The maximum Gasteiger partial charge on any atom is 0.327 e. The highest BCUT2D eigenvalue weighted by atomic mass is 16.4. The van der Waals surface area contributed by atoms with Gasteiger partial charge in [0, 0.05) is 12.3 Å². The molecule has 7 nitrogen and oxygen atoms in total. The van der Waals surface area contributed by atoms with Crippen LogP contribution in [-0.4, -0.2) is 31.8 Å². The Labute approximate surface area is 95.6 Å². The molecule has 1 atom stereocenters. The fraction of sp³-hybridized carbons (Fsp3) is 0.300. The van der Waals surface area contributed by atoms with Crippen LogP contribution in [-0.2, 0) is 9.59 Å². The predicted octanol–water partition coefficient (Wildman–Crippen LogP) is -0.0373. The number of carboxylic acids is 2. The van der Waals surface area contributed by atoms with E-state index in [2.05, 4.69) is 0 Å². The van der Waals surface area contributed by atoms with Crippen LogP contribution in [0.5, 0.6) is 5.75 Å². The second kappa shape index (κ2) is 4.69. The number of hydrogen-bond acceptors (Lipinski definition) is 4. The monoisotopic (exact) mass is 241 g/mol. The number of pyridine rings is 1. The van der Waals surface area contributed by atoms with Crippen LogP contribution in [0.2, 0.25) is 0 Å². The second-order valence-corrected chi connectivity index (χ2v) is 3.47. The van der Waals surface area contributed by atoms with Crippen molar-refractivity contribution >= 4 is 11.9 Å². The van der Waals surface area contributed by atoms with Crippen molar-refractivity contribution in [3.8, 4) is 5.75 Å². The van der Waals surface area contributed by atoms with Crippen molar-refractivity contribution in [2.45, 2.75) is 19.4 Å². The first-order valence-corrected chi connectivity index (χ1v) is 4.70. The molecule has 92 valence electrons. The highest BCUT2D eigenvalue weighted by Crippen LogP contribution is 2.18. The van der Waals surface area contributed by atoms with Crippen LogP contribution in [0.4, 0.5) is 0 Å². The standard InChI is InChI=1S/C10H11NO6/c1-5-9(15)7(12)2-3-11(5)6(10(16)17)4-8(13)14/h2-3,6,15H,4H2,1H3,(H,13,14)(H,16,17). The zero-order chi connectivity index (χ0) is 13.2. The average molecular weight is 241 g/mol. The minimum absolute atomic E-state index is 0.0196. The van der Waals surface area contributed by atoms with Gasteiger partial charge >= 0.3 is 11.9 Å². The Morgan fingerprint density at radius 2 is 2.00 bits per heavy atom. The number of rotatable bonds is 4. The molecule has 0 saturated carbocycles. The molecule has 3 N–H and O–H groups in total. The van der Waals surface area contributed by atoms with Crippen molar-refractivity contribution in [1.82, 2.24) is 4.57 Å². The molecule has 17 heavy (non-hydrogen) atoms. The van der Waals surface area contributed by atoms with Crippen molar-refractivity contribution < 1.29 is 24.9 Å². The van der Waals surface area contributed by atoms with E-state index in [1.165, 1.54) is 6.92 Å². The minimum atomic E-state index is -1.36. The fourth-order valence-electron chi connectivity index (χ4n) is 1.45. The van der Waals surface area contributed by atoms with E-state index in [0.717, 1.165) is 16.8 Å². The molecule has 1 rings (SSSR count). The molecule has 7 heteroatoms. The molecule has 0 spiro atoms. The zero-order valence-electron chi connectivity index (χ0n) is 8.95. The first kappa shape index (κ1) is 12.8. The molecule has 0 saturated heterocycles. The van der Waals surface area contributed by atoms with Crippen LogP contribution in [0.3, 0.4) is 0 Å². The van der Waals surface area contributed by atoms with Gasteiger partial charge in [-0.05, 0) is 6.92 Å². The molecule has 0 amide bonds. The van der Waals surface area contributed by atoms with E-state index in [1.807, 2.05) is 0 Å². The van der Waals surface area contributed by atoms with Gasteiger partial charge in [0.25, 0.3) is 0 Å². The lowest BCUT2D eigenvalue weighted by atomic mass is 10.2. The van der Waals surface area contributed by atoms with E-state index >= 15 is 0 Å². The number of aromatic nitrogens is 1. The first-order chi connectivity index (χ1) is 7.84. The molecule has 1 unspecified atom stereocenters. The molecule has 0 fully saturated rings. The quantitative estimate of drug-likeness (QED) is 0.681. The van der Waals surface area contributed by atoms with E-state index in [9.17, 15) is 19.5 Å². The number of hydrogen-bond donors (Lipinski definition) is 3. The van der Waals surface area contributed by atoms with Crippen LogP contribution in [0.1, 0.15) is 18.2 Å². The summed E-state index contributed by atoms with van der Waals surface area (Å²) in [7, 11) is 0. The molecule has 0 aromatic carbocycles. The summed E-state index contributed by atoms with van der Waals surface area (Å²) in [5.74, 6) is -3.21. The Balaban J connectivity index is 3.29. The van der Waals surface area contributed by atoms with Crippen molar-refractivity contribution in [3.05, 3.63) is 28.2 Å². The lowest BCUT2D eigenvalue weighted by molar-refractivity contribution is -0.147. The smallest absolute Gasteiger partial charge is 0.327 e. The summed E-state index contributed by atoms with van der Waals surface area (Å²) in [6.45, 7) is 1.34. The average Bonchev–Trinajstić information content (AvgIpc) is 2.23. The highest BCUT2D eigenvalue weighted by molar-refractivity contribution is 5.79. The number of aromatic hydroxyl groups is 1. The summed E-state index contributed by atoms with van der Waals surface area (Å²) in [4.78, 5) is 32.6. The van der Waals surface area contributed by atoms with Gasteiger partial charge in [-0.25, -0.2) is 4.79 Å². The third-order valence-electron chi connectivity index (χ3n) is 2.34. The van der Waals surface area contributed by atoms with Crippen molar-refractivity contribution in [2.24, 2.45) is 0 Å². The fourth-order valence-corrected chi connectivity index (χ4v) is 1.45. The Morgan fingerprint density at radius 1 is 1.41 bits per heavy atom. The van der Waals surface area contributed by atoms with E-state index in [0.29, 0.717) is 0 Å². The van der Waals surface area contributed by atoms with Crippen molar-refractivity contribution in [2.75, 3.05) is 0 Å². The SMILES string of the molecule is Cc1c(O)c(=O)ccn1C(CC(=O)O)C(=O)O. The van der Waals surface area contributed by atoms with Crippen molar-refractivity contribution in [3.63, 3.8) is 0 Å². The highest BCUT2D eigenvalue weighted by Gasteiger charge is 2.24. The van der Waals surface area contributed by atoms with Gasteiger partial charge in [0.05, 0.1) is 12.1 Å². The van der Waals surface area contributed by atoms with Gasteiger partial charge in [-0.2, -0.15) is 0 Å². The van der Waals surface area contributed by atoms with E-state index in [-0.39, 0.29) is 5.69 Å². The van der Waals surface area contributed by atoms with Gasteiger partial charge in [-0.15, -0.1) is 0 Å². The summed E-state index contributed by atoms with van der Waals surface area (Å²) in [6.07, 6.45) is 0.512. The molecule has 1 aromatic rings.